The molecule has 0 spiro atoms. The van der Waals surface area contributed by atoms with Crippen LogP contribution in [0.3, 0.4) is 0 Å². The molecule has 6 heteroatoms. The molecule has 27 heavy (non-hydrogen) atoms. The minimum absolute atomic E-state index is 0.151. The molecular weight excluding hydrogens is 340 g/mol. The molecule has 3 heterocycles. The van der Waals surface area contributed by atoms with Gasteiger partial charge in [0.05, 0.1) is 19.4 Å². The Morgan fingerprint density at radius 2 is 2.00 bits per heavy atom. The first-order valence-electron chi connectivity index (χ1n) is 8.66. The zero-order valence-electron chi connectivity index (χ0n) is 15.0. The summed E-state index contributed by atoms with van der Waals surface area (Å²) in [6, 6.07) is 13.6. The molecule has 2 atom stereocenters. The van der Waals surface area contributed by atoms with Gasteiger partial charge in [0.25, 0.3) is 0 Å². The Morgan fingerprint density at radius 3 is 2.70 bits per heavy atom. The second-order valence-electron chi connectivity index (χ2n) is 6.44. The van der Waals surface area contributed by atoms with Gasteiger partial charge in [0.15, 0.2) is 0 Å². The molecule has 0 saturated heterocycles. The van der Waals surface area contributed by atoms with E-state index in [9.17, 15) is 5.11 Å². The van der Waals surface area contributed by atoms with Gasteiger partial charge in [-0.15, -0.1) is 16.8 Å². The van der Waals surface area contributed by atoms with Gasteiger partial charge >= 0.3 is 0 Å². The van der Waals surface area contributed by atoms with Crippen molar-refractivity contribution in [2.75, 3.05) is 19.0 Å². The van der Waals surface area contributed by atoms with Crippen LogP contribution in [-0.4, -0.2) is 34.0 Å². The normalized spacial score (nSPS) is 20.6. The molecule has 2 aromatic heterocycles. The molecule has 0 fully saturated rings. The van der Waals surface area contributed by atoms with Gasteiger partial charge in [0.1, 0.15) is 5.54 Å². The average Bonchev–Trinajstić information content (AvgIpc) is 3.08. The fourth-order valence-electron chi connectivity index (χ4n) is 3.77. The molecule has 1 aliphatic heterocycles. The third-order valence-electron chi connectivity index (χ3n) is 5.08. The predicted molar refractivity (Wildman–Crippen MR) is 104 cm³/mol. The van der Waals surface area contributed by atoms with E-state index >= 15 is 0 Å². The molecule has 0 aliphatic carbocycles. The maximum atomic E-state index is 10.5. The Morgan fingerprint density at radius 1 is 1.22 bits per heavy atom. The summed E-state index contributed by atoms with van der Waals surface area (Å²) in [5.41, 5.74) is 3.50. The van der Waals surface area contributed by atoms with E-state index in [4.69, 9.17) is 4.74 Å². The van der Waals surface area contributed by atoms with Crippen molar-refractivity contribution in [2.45, 2.75) is 11.5 Å². The quantitative estimate of drug-likeness (QED) is 0.681. The van der Waals surface area contributed by atoms with Crippen LogP contribution in [0.25, 0.3) is 11.3 Å². The number of aromatic nitrogens is 3. The minimum atomic E-state index is -0.839. The average molecular weight is 360 g/mol. The number of ether oxygens (including phenoxy) is 1. The number of benzene rings is 1. The number of pyridine rings is 1. The SMILES string of the molecule is C=CC1c2ccccc2NC1(CO)c1cc(-c2ccncc2)nnc1OC. The predicted octanol–water partition coefficient (Wildman–Crippen LogP) is 3.13. The summed E-state index contributed by atoms with van der Waals surface area (Å²) in [6.45, 7) is 3.85. The van der Waals surface area contributed by atoms with Crippen LogP contribution in [-0.2, 0) is 5.54 Å². The highest BCUT2D eigenvalue weighted by atomic mass is 16.5. The van der Waals surface area contributed by atoms with Gasteiger partial charge in [-0.3, -0.25) is 4.98 Å². The highest BCUT2D eigenvalue weighted by Gasteiger charge is 2.47. The van der Waals surface area contributed by atoms with Crippen molar-refractivity contribution in [3.8, 4) is 17.1 Å². The molecular formula is C21H20N4O2. The molecule has 0 bridgehead atoms. The number of aliphatic hydroxyl groups is 1. The van der Waals surface area contributed by atoms with E-state index in [0.717, 1.165) is 22.4 Å². The first-order chi connectivity index (χ1) is 13.2. The third-order valence-corrected chi connectivity index (χ3v) is 5.08. The number of aliphatic hydroxyl groups excluding tert-OH is 1. The monoisotopic (exact) mass is 360 g/mol. The zero-order valence-corrected chi connectivity index (χ0v) is 15.0. The Hall–Kier alpha value is -3.25. The van der Waals surface area contributed by atoms with E-state index in [1.165, 1.54) is 0 Å². The summed E-state index contributed by atoms with van der Waals surface area (Å²) in [5.74, 6) is 0.219. The standard InChI is InChI=1S/C21H20N4O2/c1-3-16-15-6-4-5-7-18(15)23-21(16,13-26)17-12-19(24-25-20(17)27-2)14-8-10-22-11-9-14/h3-12,16,23,26H,1,13H2,2H3. The second kappa shape index (κ2) is 6.81. The van der Waals surface area contributed by atoms with Crippen LogP contribution in [0.4, 0.5) is 5.69 Å². The van der Waals surface area contributed by atoms with Gasteiger partial charge in [0, 0.05) is 35.1 Å². The first kappa shape index (κ1) is 17.2. The summed E-state index contributed by atoms with van der Waals surface area (Å²) in [4.78, 5) is 4.05. The molecule has 1 aromatic carbocycles. The van der Waals surface area contributed by atoms with Crippen molar-refractivity contribution >= 4 is 5.69 Å². The number of anilines is 1. The van der Waals surface area contributed by atoms with Crippen molar-refractivity contribution in [1.29, 1.82) is 0 Å². The summed E-state index contributed by atoms with van der Waals surface area (Å²) in [5, 5.41) is 22.5. The van der Waals surface area contributed by atoms with Crippen LogP contribution in [0.5, 0.6) is 5.88 Å². The van der Waals surface area contributed by atoms with Crippen molar-refractivity contribution in [2.24, 2.45) is 0 Å². The lowest BCUT2D eigenvalue weighted by Gasteiger charge is -2.34. The van der Waals surface area contributed by atoms with Crippen molar-refractivity contribution in [3.63, 3.8) is 0 Å². The number of nitrogens with zero attached hydrogens (tertiary/aromatic N) is 3. The molecule has 2 N–H and O–H groups in total. The van der Waals surface area contributed by atoms with Crippen molar-refractivity contribution < 1.29 is 9.84 Å². The number of nitrogens with one attached hydrogen (secondary N) is 1. The smallest absolute Gasteiger partial charge is 0.238 e. The van der Waals surface area contributed by atoms with E-state index in [1.54, 1.807) is 19.5 Å². The van der Waals surface area contributed by atoms with E-state index < -0.39 is 5.54 Å². The van der Waals surface area contributed by atoms with Crippen LogP contribution >= 0.6 is 0 Å². The number of rotatable bonds is 5. The largest absolute Gasteiger partial charge is 0.480 e. The molecule has 136 valence electrons. The number of para-hydroxylation sites is 1. The topological polar surface area (TPSA) is 80.2 Å². The van der Waals surface area contributed by atoms with Crippen LogP contribution in [0.15, 0.2) is 67.5 Å². The van der Waals surface area contributed by atoms with Gasteiger partial charge in [-0.2, -0.15) is 0 Å². The van der Waals surface area contributed by atoms with E-state index in [0.29, 0.717) is 11.6 Å². The van der Waals surface area contributed by atoms with Crippen molar-refractivity contribution in [3.05, 3.63) is 78.6 Å². The van der Waals surface area contributed by atoms with Crippen LogP contribution < -0.4 is 10.1 Å². The highest BCUT2D eigenvalue weighted by Crippen LogP contribution is 2.51. The van der Waals surface area contributed by atoms with Crippen molar-refractivity contribution in [1.82, 2.24) is 15.2 Å². The number of hydrogen-bond acceptors (Lipinski definition) is 6. The van der Waals surface area contributed by atoms with Gasteiger partial charge in [-0.1, -0.05) is 24.3 Å². The second-order valence-corrected chi connectivity index (χ2v) is 6.44. The fraction of sp³-hybridized carbons (Fsp3) is 0.190. The van der Waals surface area contributed by atoms with Crippen LogP contribution in [0, 0.1) is 0 Å². The van der Waals surface area contributed by atoms with Crippen LogP contribution in [0.1, 0.15) is 17.0 Å². The molecule has 0 amide bonds. The molecule has 3 aromatic rings. The zero-order chi connectivity index (χ0) is 18.9. The first-order valence-corrected chi connectivity index (χ1v) is 8.66. The summed E-state index contributed by atoms with van der Waals surface area (Å²) in [7, 11) is 1.55. The Bertz CT molecular complexity index is 977. The Balaban J connectivity index is 1.91. The molecule has 0 saturated carbocycles. The molecule has 1 aliphatic rings. The fourth-order valence-corrected chi connectivity index (χ4v) is 3.77. The van der Waals surface area contributed by atoms with Gasteiger partial charge in [-0.25, -0.2) is 0 Å². The summed E-state index contributed by atoms with van der Waals surface area (Å²) in [6.07, 6.45) is 5.26. The third kappa shape index (κ3) is 2.65. The minimum Gasteiger partial charge on any atom is -0.480 e. The maximum absolute atomic E-state index is 10.5. The molecule has 4 rings (SSSR count). The molecule has 0 radical (unpaired) electrons. The van der Waals surface area contributed by atoms with Gasteiger partial charge in [-0.05, 0) is 29.8 Å². The van der Waals surface area contributed by atoms with E-state index in [2.05, 4.69) is 27.1 Å². The summed E-state index contributed by atoms with van der Waals surface area (Å²) >= 11 is 0. The Kier molecular flexibility index (Phi) is 4.33. The lowest BCUT2D eigenvalue weighted by molar-refractivity contribution is 0.200. The highest BCUT2D eigenvalue weighted by molar-refractivity contribution is 5.68. The summed E-state index contributed by atoms with van der Waals surface area (Å²) < 4.78 is 5.50. The molecule has 6 nitrogen and oxygen atoms in total. The maximum Gasteiger partial charge on any atom is 0.238 e. The lowest BCUT2D eigenvalue weighted by Crippen LogP contribution is -2.40. The Labute approximate surface area is 157 Å². The van der Waals surface area contributed by atoms with Gasteiger partial charge < -0.3 is 15.2 Å². The number of hydrogen-bond donors (Lipinski definition) is 2. The lowest BCUT2D eigenvalue weighted by atomic mass is 9.78. The van der Waals surface area contributed by atoms with Gasteiger partial charge in [0.2, 0.25) is 5.88 Å². The van der Waals surface area contributed by atoms with E-state index in [-0.39, 0.29) is 12.5 Å². The van der Waals surface area contributed by atoms with Crippen LogP contribution in [0.2, 0.25) is 0 Å². The van der Waals surface area contributed by atoms with E-state index in [1.807, 2.05) is 48.5 Å². The number of fused-ring (bicyclic) bond motifs is 1. The number of methoxy groups -OCH3 is 1. The molecule has 2 unspecified atom stereocenters.